The van der Waals surface area contributed by atoms with Crippen LogP contribution in [0.25, 0.3) is 0 Å². The average molecular weight is 506 g/mol. The number of nitrogens with two attached hydrogens (primary N) is 1. The molecule has 1 aliphatic carbocycles. The average Bonchev–Trinajstić information content (AvgIpc) is 2.71. The molecule has 0 aromatic heterocycles. The van der Waals surface area contributed by atoms with Crippen LogP contribution in [0.4, 0.5) is 11.4 Å². The Morgan fingerprint density at radius 1 is 1.10 bits per heavy atom. The fourth-order valence-corrected chi connectivity index (χ4v) is 3.86. The maximum atomic E-state index is 11.4. The topological polar surface area (TPSA) is 88.7 Å². The summed E-state index contributed by atoms with van der Waals surface area (Å²) in [5.41, 5.74) is 11.9. The first-order valence-corrected chi connectivity index (χ1v) is 9.92. The van der Waals surface area contributed by atoms with Gasteiger partial charge in [0.05, 0.1) is 6.54 Å². The highest BCUT2D eigenvalue weighted by molar-refractivity contribution is 14.0. The van der Waals surface area contributed by atoms with Crippen molar-refractivity contribution in [1.29, 1.82) is 0 Å². The van der Waals surface area contributed by atoms with Gasteiger partial charge in [-0.3, -0.25) is 4.79 Å². The van der Waals surface area contributed by atoms with E-state index in [2.05, 4.69) is 33.8 Å². The van der Waals surface area contributed by atoms with Crippen LogP contribution in [-0.4, -0.2) is 25.0 Å². The minimum atomic E-state index is 0. The number of guanidine groups is 1. The lowest BCUT2D eigenvalue weighted by atomic mass is 9.90. The second kappa shape index (κ2) is 9.96. The molecule has 4 rings (SSSR count). The third-order valence-electron chi connectivity index (χ3n) is 5.27. The first kappa shape index (κ1) is 21.4. The van der Waals surface area contributed by atoms with Crippen molar-refractivity contribution in [2.24, 2.45) is 10.7 Å². The van der Waals surface area contributed by atoms with Crippen LogP contribution >= 0.6 is 24.0 Å². The second-order valence-corrected chi connectivity index (χ2v) is 7.26. The smallest absolute Gasteiger partial charge is 0.224 e. The summed E-state index contributed by atoms with van der Waals surface area (Å²) < 4.78 is 5.79. The van der Waals surface area contributed by atoms with Crippen LogP contribution < -0.4 is 21.1 Å². The summed E-state index contributed by atoms with van der Waals surface area (Å²) in [5, 5.41) is 6.12. The van der Waals surface area contributed by atoms with Crippen molar-refractivity contribution in [3.63, 3.8) is 0 Å². The van der Waals surface area contributed by atoms with Gasteiger partial charge in [-0.25, -0.2) is 4.99 Å². The third-order valence-corrected chi connectivity index (χ3v) is 5.27. The van der Waals surface area contributed by atoms with Gasteiger partial charge in [0.2, 0.25) is 5.91 Å². The van der Waals surface area contributed by atoms with Crippen LogP contribution in [0.1, 0.15) is 36.0 Å². The first-order chi connectivity index (χ1) is 13.7. The van der Waals surface area contributed by atoms with Gasteiger partial charge in [0, 0.05) is 17.8 Å². The van der Waals surface area contributed by atoms with Crippen molar-refractivity contribution >= 4 is 47.2 Å². The third kappa shape index (κ3) is 5.41. The van der Waals surface area contributed by atoms with E-state index in [1.807, 2.05) is 18.2 Å². The van der Waals surface area contributed by atoms with Crippen LogP contribution in [0, 0.1) is 0 Å². The molecule has 0 spiro atoms. The molecule has 154 valence electrons. The second-order valence-electron chi connectivity index (χ2n) is 7.26. The molecule has 29 heavy (non-hydrogen) atoms. The van der Waals surface area contributed by atoms with Crippen LogP contribution in [0.3, 0.4) is 0 Å². The van der Waals surface area contributed by atoms with Gasteiger partial charge in [-0.1, -0.05) is 12.1 Å². The molecule has 4 N–H and O–H groups in total. The van der Waals surface area contributed by atoms with E-state index in [0.29, 0.717) is 25.5 Å². The summed E-state index contributed by atoms with van der Waals surface area (Å²) in [6, 6.07) is 12.1. The first-order valence-electron chi connectivity index (χ1n) is 9.92. The number of ether oxygens (including phenoxy) is 1. The van der Waals surface area contributed by atoms with E-state index in [1.54, 1.807) is 0 Å². The van der Waals surface area contributed by atoms with E-state index in [9.17, 15) is 4.79 Å². The van der Waals surface area contributed by atoms with E-state index < -0.39 is 0 Å². The van der Waals surface area contributed by atoms with E-state index in [4.69, 9.17) is 10.5 Å². The largest absolute Gasteiger partial charge is 0.492 e. The Hall–Kier alpha value is -2.29. The van der Waals surface area contributed by atoms with Gasteiger partial charge in [0.1, 0.15) is 12.4 Å². The molecular formula is C22H27IN4O2. The van der Waals surface area contributed by atoms with Crippen molar-refractivity contribution in [2.75, 3.05) is 23.8 Å². The number of aliphatic imine (C=N–C) groups is 1. The summed E-state index contributed by atoms with van der Waals surface area (Å²) in [4.78, 5) is 15.8. The fraction of sp³-hybridized carbons (Fsp3) is 0.364. The lowest BCUT2D eigenvalue weighted by Gasteiger charge is -2.19. The van der Waals surface area contributed by atoms with Crippen LogP contribution in [0.5, 0.6) is 5.75 Å². The van der Waals surface area contributed by atoms with Gasteiger partial charge < -0.3 is 21.1 Å². The highest BCUT2D eigenvalue weighted by Gasteiger charge is 2.15. The normalized spacial score (nSPS) is 15.4. The summed E-state index contributed by atoms with van der Waals surface area (Å²) in [6.45, 7) is 0.919. The lowest BCUT2D eigenvalue weighted by molar-refractivity contribution is -0.116. The van der Waals surface area contributed by atoms with Gasteiger partial charge in [-0.15, -0.1) is 24.0 Å². The number of nitrogens with one attached hydrogen (secondary N) is 2. The van der Waals surface area contributed by atoms with Crippen LogP contribution in [-0.2, 0) is 24.1 Å². The molecule has 0 saturated heterocycles. The molecule has 2 aromatic rings. The van der Waals surface area contributed by atoms with Gasteiger partial charge >= 0.3 is 0 Å². The number of rotatable bonds is 5. The van der Waals surface area contributed by atoms with Crippen molar-refractivity contribution in [3.8, 4) is 5.75 Å². The zero-order valence-electron chi connectivity index (χ0n) is 16.4. The number of carbonyl (C=O) groups is 1. The van der Waals surface area contributed by atoms with E-state index in [-0.39, 0.29) is 29.9 Å². The zero-order valence-corrected chi connectivity index (χ0v) is 18.7. The number of benzene rings is 2. The molecule has 6 nitrogen and oxygen atoms in total. The van der Waals surface area contributed by atoms with Gasteiger partial charge in [-0.05, 0) is 73.1 Å². The van der Waals surface area contributed by atoms with Gasteiger partial charge in [-0.2, -0.15) is 0 Å². The van der Waals surface area contributed by atoms with Crippen LogP contribution in [0.15, 0.2) is 41.4 Å². The number of nitrogens with zero attached hydrogens (tertiary/aromatic N) is 1. The van der Waals surface area contributed by atoms with E-state index in [1.165, 1.54) is 24.0 Å². The Morgan fingerprint density at radius 3 is 2.86 bits per heavy atom. The molecule has 7 heteroatoms. The van der Waals surface area contributed by atoms with Crippen molar-refractivity contribution < 1.29 is 9.53 Å². The Kier molecular flexibility index (Phi) is 7.35. The van der Waals surface area contributed by atoms with Crippen molar-refractivity contribution in [2.45, 2.75) is 38.5 Å². The highest BCUT2D eigenvalue weighted by Crippen LogP contribution is 2.28. The number of hydrogen-bond acceptors (Lipinski definition) is 3. The predicted octanol–water partition coefficient (Wildman–Crippen LogP) is 3.87. The molecule has 2 aliphatic rings. The molecule has 1 aliphatic heterocycles. The monoisotopic (exact) mass is 506 g/mol. The summed E-state index contributed by atoms with van der Waals surface area (Å²) in [7, 11) is 0. The zero-order chi connectivity index (χ0) is 19.3. The van der Waals surface area contributed by atoms with E-state index in [0.717, 1.165) is 42.0 Å². The number of aryl methyl sites for hydroxylation is 2. The number of hydrogen-bond donors (Lipinski definition) is 3. The molecule has 1 heterocycles. The summed E-state index contributed by atoms with van der Waals surface area (Å²) in [5.74, 6) is 1.27. The summed E-state index contributed by atoms with van der Waals surface area (Å²) in [6.07, 6.45) is 5.97. The standard InChI is InChI=1S/C22H26N4O2.HI/c23-22(26-20-7-3-5-15-4-1-2-6-18(15)20)24-12-13-28-17-9-10-19-16(14-17)8-11-21(27)25-19;/h3,5,7,9-10,14H,1-2,4,6,8,11-13H2,(H,25,27)(H3,23,24,26);1H. The lowest BCUT2D eigenvalue weighted by Crippen LogP contribution is -2.25. The highest BCUT2D eigenvalue weighted by atomic mass is 127. The van der Waals surface area contributed by atoms with Crippen molar-refractivity contribution in [3.05, 3.63) is 53.1 Å². The minimum absolute atomic E-state index is 0. The maximum Gasteiger partial charge on any atom is 0.224 e. The minimum Gasteiger partial charge on any atom is -0.492 e. The Labute approximate surface area is 188 Å². The van der Waals surface area contributed by atoms with E-state index >= 15 is 0 Å². The molecule has 0 unspecified atom stereocenters. The van der Waals surface area contributed by atoms with Crippen LogP contribution in [0.2, 0.25) is 0 Å². The number of fused-ring (bicyclic) bond motifs is 2. The Balaban J connectivity index is 0.00000240. The Bertz CT molecular complexity index is 914. The number of halogens is 1. The quantitative estimate of drug-likeness (QED) is 0.249. The van der Waals surface area contributed by atoms with Crippen molar-refractivity contribution in [1.82, 2.24) is 0 Å². The molecule has 0 fully saturated rings. The number of anilines is 2. The van der Waals surface area contributed by atoms with Gasteiger partial charge in [0.15, 0.2) is 5.96 Å². The summed E-state index contributed by atoms with van der Waals surface area (Å²) >= 11 is 0. The van der Waals surface area contributed by atoms with Gasteiger partial charge in [0.25, 0.3) is 0 Å². The molecule has 0 saturated carbocycles. The SMILES string of the molecule is I.NC(=NCCOc1ccc2c(c1)CCC(=O)N2)Nc1cccc2c1CCCC2. The molecule has 1 amide bonds. The number of carbonyl (C=O) groups excluding carboxylic acids is 1. The predicted molar refractivity (Wildman–Crippen MR) is 127 cm³/mol. The molecule has 0 bridgehead atoms. The fourth-order valence-electron chi connectivity index (χ4n) is 3.86. The number of amides is 1. The molecule has 0 atom stereocenters. The molecule has 0 radical (unpaired) electrons. The molecular weight excluding hydrogens is 479 g/mol. The Morgan fingerprint density at radius 2 is 1.97 bits per heavy atom. The molecule has 2 aromatic carbocycles. The maximum absolute atomic E-state index is 11.4.